The molecule has 0 aliphatic rings. The predicted octanol–water partition coefficient (Wildman–Crippen LogP) is 6.32. The molecule has 0 spiro atoms. The topological polar surface area (TPSA) is 90.4 Å². The molecule has 0 bridgehead atoms. The molecule has 8 heteroatoms. The molecule has 1 heterocycles. The number of hydrogen-bond acceptors (Lipinski definition) is 7. The lowest BCUT2D eigenvalue weighted by molar-refractivity contribution is 0.0215. The molecule has 3 aromatic rings. The van der Waals surface area contributed by atoms with E-state index in [9.17, 15) is 5.26 Å². The maximum Gasteiger partial charge on any atom is 0.258 e. The average Bonchev–Trinajstić information content (AvgIpc) is 3.28. The largest absolute Gasteiger partial charge is 0.490 e. The molecule has 0 atom stereocenters. The first-order valence-electron chi connectivity index (χ1n) is 11.6. The Bertz CT molecular complexity index is 1150. The Morgan fingerprint density at radius 2 is 1.91 bits per heavy atom. The van der Waals surface area contributed by atoms with Crippen LogP contribution < -0.4 is 9.47 Å². The third-order valence-electron chi connectivity index (χ3n) is 5.16. The summed E-state index contributed by atoms with van der Waals surface area (Å²) in [5, 5.41) is 13.7. The minimum atomic E-state index is -1.13. The van der Waals surface area contributed by atoms with Crippen molar-refractivity contribution in [2.24, 2.45) is 0 Å². The molecule has 7 nitrogen and oxygen atoms in total. The van der Waals surface area contributed by atoms with Crippen LogP contribution in [0.2, 0.25) is 25.7 Å². The first-order valence-corrected chi connectivity index (χ1v) is 15.3. The van der Waals surface area contributed by atoms with Gasteiger partial charge in [-0.25, -0.2) is 0 Å². The van der Waals surface area contributed by atoms with Crippen molar-refractivity contribution in [2.45, 2.75) is 59.0 Å². The molecule has 0 fully saturated rings. The van der Waals surface area contributed by atoms with Crippen LogP contribution in [-0.2, 0) is 11.2 Å². The molecule has 0 N–H and O–H groups in total. The van der Waals surface area contributed by atoms with Crippen molar-refractivity contribution < 1.29 is 18.7 Å². The maximum absolute atomic E-state index is 9.51. The van der Waals surface area contributed by atoms with Gasteiger partial charge in [0.15, 0.2) is 6.79 Å². The summed E-state index contributed by atoms with van der Waals surface area (Å²) in [6.45, 7) is 13.8. The monoisotopic (exact) mass is 479 g/mol. The number of aromatic nitrogens is 2. The van der Waals surface area contributed by atoms with Gasteiger partial charge in [-0.15, -0.1) is 0 Å². The fourth-order valence-corrected chi connectivity index (χ4v) is 4.13. The highest BCUT2D eigenvalue weighted by Gasteiger charge is 2.18. The van der Waals surface area contributed by atoms with Gasteiger partial charge in [0.25, 0.3) is 5.89 Å². The van der Waals surface area contributed by atoms with Gasteiger partial charge in [0, 0.05) is 31.4 Å². The summed E-state index contributed by atoms with van der Waals surface area (Å²) in [7, 11) is -1.13. The molecule has 0 saturated carbocycles. The normalized spacial score (nSPS) is 11.5. The molecule has 34 heavy (non-hydrogen) atoms. The van der Waals surface area contributed by atoms with Crippen LogP contribution in [0, 0.1) is 11.3 Å². The van der Waals surface area contributed by atoms with E-state index < -0.39 is 8.07 Å². The molecule has 0 aliphatic heterocycles. The lowest BCUT2D eigenvalue weighted by atomic mass is 10.0. The highest BCUT2D eigenvalue weighted by atomic mass is 28.3. The molecule has 0 saturated heterocycles. The first-order chi connectivity index (χ1) is 16.2. The van der Waals surface area contributed by atoms with Crippen molar-refractivity contribution in [1.29, 1.82) is 5.26 Å². The Morgan fingerprint density at radius 3 is 2.59 bits per heavy atom. The van der Waals surface area contributed by atoms with Gasteiger partial charge in [-0.2, -0.15) is 10.2 Å². The second-order valence-corrected chi connectivity index (χ2v) is 15.2. The van der Waals surface area contributed by atoms with Crippen molar-refractivity contribution in [2.75, 3.05) is 13.4 Å². The van der Waals surface area contributed by atoms with Crippen molar-refractivity contribution in [3.05, 3.63) is 47.5 Å². The molecular weight excluding hydrogens is 446 g/mol. The summed E-state index contributed by atoms with van der Waals surface area (Å²) >= 11 is 0. The van der Waals surface area contributed by atoms with Crippen molar-refractivity contribution in [3.63, 3.8) is 0 Å². The lowest BCUT2D eigenvalue weighted by Crippen LogP contribution is -2.22. The van der Waals surface area contributed by atoms with E-state index >= 15 is 0 Å². The standard InChI is InChI=1S/C26H33N3O4Si/c1-7-21-22(9-8-10-24(21)31-17-30-13-14-34(4,5)6)25-28-26(33-29-25)19-11-12-23(32-18(2)3)20(15-19)16-27/h8-12,15,18H,7,13-14,17H2,1-6H3. The smallest absolute Gasteiger partial charge is 0.258 e. The number of ether oxygens (including phenoxy) is 3. The zero-order valence-electron chi connectivity index (χ0n) is 20.8. The van der Waals surface area contributed by atoms with Gasteiger partial charge in [0.05, 0.1) is 11.7 Å². The second kappa shape index (κ2) is 11.3. The number of rotatable bonds is 11. The molecule has 0 radical (unpaired) electrons. The minimum Gasteiger partial charge on any atom is -0.490 e. The zero-order valence-corrected chi connectivity index (χ0v) is 21.8. The molecule has 0 unspecified atom stereocenters. The quantitative estimate of drug-likeness (QED) is 0.181. The van der Waals surface area contributed by atoms with Crippen LogP contribution in [0.1, 0.15) is 31.9 Å². The molecular formula is C26H33N3O4Si. The summed E-state index contributed by atoms with van der Waals surface area (Å²) in [5.41, 5.74) is 2.91. The van der Waals surface area contributed by atoms with Gasteiger partial charge in [-0.05, 0) is 50.6 Å². The Hall–Kier alpha value is -3.15. The van der Waals surface area contributed by atoms with Crippen LogP contribution in [0.15, 0.2) is 40.9 Å². The summed E-state index contributed by atoms with van der Waals surface area (Å²) in [5.74, 6) is 2.09. The van der Waals surface area contributed by atoms with Gasteiger partial charge >= 0.3 is 0 Å². The molecule has 2 aromatic carbocycles. The molecule has 0 amide bonds. The highest BCUT2D eigenvalue weighted by Crippen LogP contribution is 2.32. The molecule has 1 aromatic heterocycles. The van der Waals surface area contributed by atoms with Crippen molar-refractivity contribution in [3.8, 4) is 40.4 Å². The number of nitrogens with zero attached hydrogens (tertiary/aromatic N) is 3. The van der Waals surface area contributed by atoms with Gasteiger partial charge < -0.3 is 18.7 Å². The van der Waals surface area contributed by atoms with Crippen LogP contribution in [0.25, 0.3) is 22.8 Å². The zero-order chi connectivity index (χ0) is 24.7. The maximum atomic E-state index is 9.51. The van der Waals surface area contributed by atoms with Crippen LogP contribution in [0.3, 0.4) is 0 Å². The number of benzene rings is 2. The molecule has 180 valence electrons. The highest BCUT2D eigenvalue weighted by molar-refractivity contribution is 6.76. The van der Waals surface area contributed by atoms with Crippen LogP contribution in [0.5, 0.6) is 11.5 Å². The van der Waals surface area contributed by atoms with E-state index in [1.165, 1.54) is 0 Å². The van der Waals surface area contributed by atoms with E-state index in [-0.39, 0.29) is 12.9 Å². The SMILES string of the molecule is CCc1c(OCOCC[Si](C)(C)C)cccc1-c1noc(-c2ccc(OC(C)C)c(C#N)c2)n1. The van der Waals surface area contributed by atoms with Crippen LogP contribution in [-0.4, -0.2) is 37.7 Å². The van der Waals surface area contributed by atoms with Gasteiger partial charge in [0.2, 0.25) is 5.82 Å². The summed E-state index contributed by atoms with van der Waals surface area (Å²) in [6, 6.07) is 14.3. The van der Waals surface area contributed by atoms with E-state index in [0.717, 1.165) is 29.3 Å². The third kappa shape index (κ3) is 6.68. The Balaban J connectivity index is 1.78. The second-order valence-electron chi connectivity index (χ2n) is 9.53. The van der Waals surface area contributed by atoms with E-state index in [1.54, 1.807) is 12.1 Å². The minimum absolute atomic E-state index is 0.0272. The third-order valence-corrected chi connectivity index (χ3v) is 6.86. The van der Waals surface area contributed by atoms with E-state index in [0.29, 0.717) is 35.2 Å². The van der Waals surface area contributed by atoms with E-state index in [2.05, 4.69) is 42.8 Å². The fraction of sp³-hybridized carbons (Fsp3) is 0.423. The molecule has 0 aliphatic carbocycles. The number of nitriles is 1. The van der Waals surface area contributed by atoms with Crippen molar-refractivity contribution >= 4 is 8.07 Å². The van der Waals surface area contributed by atoms with E-state index in [4.69, 9.17) is 18.7 Å². The van der Waals surface area contributed by atoms with Crippen molar-refractivity contribution in [1.82, 2.24) is 10.1 Å². The van der Waals surface area contributed by atoms with Crippen LogP contribution >= 0.6 is 0 Å². The summed E-state index contributed by atoms with van der Waals surface area (Å²) in [6.07, 6.45) is 0.713. The fourth-order valence-electron chi connectivity index (χ4n) is 3.37. The van der Waals surface area contributed by atoms with Crippen LogP contribution in [0.4, 0.5) is 0 Å². The Labute approximate surface area is 202 Å². The van der Waals surface area contributed by atoms with Gasteiger partial charge in [0.1, 0.15) is 17.6 Å². The number of hydrogen-bond donors (Lipinski definition) is 0. The predicted molar refractivity (Wildman–Crippen MR) is 135 cm³/mol. The Morgan fingerprint density at radius 1 is 1.12 bits per heavy atom. The first kappa shape index (κ1) is 25.5. The Kier molecular flexibility index (Phi) is 8.48. The summed E-state index contributed by atoms with van der Waals surface area (Å²) < 4.78 is 22.9. The van der Waals surface area contributed by atoms with Gasteiger partial charge in [-0.3, -0.25) is 0 Å². The molecule has 3 rings (SSSR count). The average molecular weight is 480 g/mol. The lowest BCUT2D eigenvalue weighted by Gasteiger charge is -2.16. The van der Waals surface area contributed by atoms with E-state index in [1.807, 2.05) is 38.1 Å². The summed E-state index contributed by atoms with van der Waals surface area (Å²) in [4.78, 5) is 4.59. The van der Waals surface area contributed by atoms with Gasteiger partial charge in [-0.1, -0.05) is 43.9 Å².